The van der Waals surface area contributed by atoms with Crippen molar-refractivity contribution in [3.8, 4) is 33.4 Å². The van der Waals surface area contributed by atoms with E-state index in [1.165, 1.54) is 61.2 Å². The number of rotatable bonds is 6. The molecule has 0 bridgehead atoms. The quantitative estimate of drug-likeness (QED) is 0.168. The van der Waals surface area contributed by atoms with Crippen LogP contribution in [0.4, 0.5) is 17.1 Å². The SMILES string of the molecule is CC1(C)c2ccccc2-c2ccc(N(c3ccc(-c4ccccc4)cc3)c3ccc4c(oc5ccccc54)c3C3(c4ccccc4)c4ccccc4-c4ccccc43)cc21. The predicted octanol–water partition coefficient (Wildman–Crippen LogP) is 15.4. The highest BCUT2D eigenvalue weighted by molar-refractivity contribution is 6.10. The summed E-state index contributed by atoms with van der Waals surface area (Å²) < 4.78 is 7.23. The van der Waals surface area contributed by atoms with Gasteiger partial charge in [-0.25, -0.2) is 0 Å². The molecule has 284 valence electrons. The minimum Gasteiger partial charge on any atom is -0.456 e. The molecular weight excluding hydrogens is 727 g/mol. The van der Waals surface area contributed by atoms with Gasteiger partial charge in [-0.05, 0) is 104 Å². The van der Waals surface area contributed by atoms with Gasteiger partial charge >= 0.3 is 0 Å². The zero-order valence-electron chi connectivity index (χ0n) is 33.6. The first-order valence-corrected chi connectivity index (χ1v) is 20.9. The van der Waals surface area contributed by atoms with E-state index in [0.29, 0.717) is 0 Å². The normalized spacial score (nSPS) is 14.1. The molecule has 0 saturated carbocycles. The number of furan rings is 1. The van der Waals surface area contributed by atoms with Gasteiger partial charge in [0.1, 0.15) is 11.2 Å². The van der Waals surface area contributed by atoms with Crippen LogP contribution >= 0.6 is 0 Å². The van der Waals surface area contributed by atoms with E-state index in [1.807, 2.05) is 0 Å². The maximum Gasteiger partial charge on any atom is 0.142 e. The first kappa shape index (κ1) is 34.6. The molecule has 12 rings (SSSR count). The van der Waals surface area contributed by atoms with Crippen LogP contribution in [0.1, 0.15) is 47.2 Å². The molecule has 0 aliphatic heterocycles. The van der Waals surface area contributed by atoms with Crippen LogP contribution in [0, 0.1) is 0 Å². The van der Waals surface area contributed by atoms with Gasteiger partial charge in [-0.1, -0.05) is 184 Å². The molecule has 0 unspecified atom stereocenters. The number of nitrogens with zero attached hydrogens (tertiary/aromatic N) is 1. The molecule has 2 heteroatoms. The lowest BCUT2D eigenvalue weighted by Crippen LogP contribution is -2.31. The minimum atomic E-state index is -0.731. The van der Waals surface area contributed by atoms with Crippen molar-refractivity contribution in [1.29, 1.82) is 0 Å². The molecule has 0 spiro atoms. The van der Waals surface area contributed by atoms with Gasteiger partial charge in [0.25, 0.3) is 0 Å². The van der Waals surface area contributed by atoms with Crippen LogP contribution in [0.5, 0.6) is 0 Å². The van der Waals surface area contributed by atoms with Crippen LogP contribution in [0.3, 0.4) is 0 Å². The first-order chi connectivity index (χ1) is 29.5. The maximum absolute atomic E-state index is 7.23. The molecule has 0 atom stereocenters. The molecule has 60 heavy (non-hydrogen) atoms. The molecule has 2 nitrogen and oxygen atoms in total. The molecule has 0 saturated heterocycles. The Balaban J connectivity index is 1.22. The lowest BCUT2D eigenvalue weighted by Gasteiger charge is -2.38. The Kier molecular flexibility index (Phi) is 7.52. The highest BCUT2D eigenvalue weighted by atomic mass is 16.3. The van der Waals surface area contributed by atoms with Gasteiger partial charge in [0.15, 0.2) is 0 Å². The Morgan fingerprint density at radius 2 is 0.933 bits per heavy atom. The standard InChI is InChI=1S/C58H41NO/c1-57(2)49-25-13-9-21-43(49)46-34-33-42(37-52(46)57)59(41-31-29-39(30-32-41)38-17-5-3-6-18-38)53-36-35-48-47-24-12-16-28-54(47)60-56(48)55(53)58(40-19-7-4-8-20-40)50-26-14-10-22-44(50)45-23-11-15-27-51(45)58/h3-37H,1-2H3. The van der Waals surface area contributed by atoms with Gasteiger partial charge < -0.3 is 9.32 Å². The third kappa shape index (κ3) is 4.82. The second-order valence-corrected chi connectivity index (χ2v) is 16.8. The van der Waals surface area contributed by atoms with Gasteiger partial charge in [-0.15, -0.1) is 0 Å². The zero-order chi connectivity index (χ0) is 40.0. The molecule has 2 aliphatic carbocycles. The number of benzene rings is 9. The minimum absolute atomic E-state index is 0.176. The Morgan fingerprint density at radius 1 is 0.400 bits per heavy atom. The van der Waals surface area contributed by atoms with Crippen molar-refractivity contribution in [1.82, 2.24) is 0 Å². The van der Waals surface area contributed by atoms with E-state index in [0.717, 1.165) is 44.6 Å². The Morgan fingerprint density at radius 3 is 1.63 bits per heavy atom. The lowest BCUT2D eigenvalue weighted by molar-refractivity contribution is 0.648. The monoisotopic (exact) mass is 767 g/mol. The smallest absolute Gasteiger partial charge is 0.142 e. The largest absolute Gasteiger partial charge is 0.456 e. The van der Waals surface area contributed by atoms with E-state index in [4.69, 9.17) is 4.42 Å². The summed E-state index contributed by atoms with van der Waals surface area (Å²) in [5, 5.41) is 2.21. The van der Waals surface area contributed by atoms with Crippen LogP contribution in [-0.4, -0.2) is 0 Å². The fourth-order valence-electron chi connectivity index (χ4n) is 10.7. The zero-order valence-corrected chi connectivity index (χ0v) is 33.6. The van der Waals surface area contributed by atoms with Gasteiger partial charge in [0.05, 0.1) is 11.1 Å². The second kappa shape index (κ2) is 13.0. The summed E-state index contributed by atoms with van der Waals surface area (Å²) in [6.07, 6.45) is 0. The van der Waals surface area contributed by atoms with E-state index in [1.54, 1.807) is 0 Å². The van der Waals surface area contributed by atoms with E-state index in [2.05, 4.69) is 231 Å². The van der Waals surface area contributed by atoms with Gasteiger partial charge in [-0.2, -0.15) is 0 Å². The van der Waals surface area contributed by atoms with Crippen LogP contribution in [0.15, 0.2) is 217 Å². The van der Waals surface area contributed by atoms with Crippen molar-refractivity contribution in [2.75, 3.05) is 4.90 Å². The molecule has 1 heterocycles. The van der Waals surface area contributed by atoms with Gasteiger partial charge in [0, 0.05) is 33.1 Å². The highest BCUT2D eigenvalue weighted by Gasteiger charge is 2.50. The van der Waals surface area contributed by atoms with Crippen LogP contribution < -0.4 is 4.90 Å². The van der Waals surface area contributed by atoms with Crippen molar-refractivity contribution < 1.29 is 4.42 Å². The fraction of sp³-hybridized carbons (Fsp3) is 0.0690. The molecule has 2 aliphatic rings. The molecule has 1 aromatic heterocycles. The predicted molar refractivity (Wildman–Crippen MR) is 249 cm³/mol. The molecule has 0 amide bonds. The number of fused-ring (bicyclic) bond motifs is 9. The van der Waals surface area contributed by atoms with Gasteiger partial charge in [-0.3, -0.25) is 0 Å². The summed E-state index contributed by atoms with van der Waals surface area (Å²) in [5.41, 5.74) is 19.1. The number of hydrogen-bond donors (Lipinski definition) is 0. The topological polar surface area (TPSA) is 16.4 Å². The summed E-state index contributed by atoms with van der Waals surface area (Å²) in [6, 6.07) is 77.9. The maximum atomic E-state index is 7.23. The van der Waals surface area contributed by atoms with E-state index < -0.39 is 5.41 Å². The summed E-state index contributed by atoms with van der Waals surface area (Å²) in [7, 11) is 0. The molecule has 10 aromatic rings. The summed E-state index contributed by atoms with van der Waals surface area (Å²) in [6.45, 7) is 4.73. The van der Waals surface area contributed by atoms with Crippen molar-refractivity contribution in [2.24, 2.45) is 0 Å². The van der Waals surface area contributed by atoms with Crippen molar-refractivity contribution in [2.45, 2.75) is 24.7 Å². The molecule has 0 fully saturated rings. The summed E-state index contributed by atoms with van der Waals surface area (Å²) in [5.74, 6) is 0. The van der Waals surface area contributed by atoms with Crippen LogP contribution in [0.25, 0.3) is 55.3 Å². The van der Waals surface area contributed by atoms with E-state index >= 15 is 0 Å². The summed E-state index contributed by atoms with van der Waals surface area (Å²) in [4.78, 5) is 2.49. The van der Waals surface area contributed by atoms with E-state index in [-0.39, 0.29) is 5.41 Å². The molecule has 0 radical (unpaired) electrons. The Hall–Kier alpha value is -7.42. The third-order valence-corrected chi connectivity index (χ3v) is 13.4. The molecular formula is C58H41NO. The number of anilines is 3. The van der Waals surface area contributed by atoms with Crippen LogP contribution in [0.2, 0.25) is 0 Å². The van der Waals surface area contributed by atoms with Crippen LogP contribution in [-0.2, 0) is 10.8 Å². The second-order valence-electron chi connectivity index (χ2n) is 16.8. The average Bonchev–Trinajstić information content (AvgIpc) is 3.91. The summed E-state index contributed by atoms with van der Waals surface area (Å²) >= 11 is 0. The fourth-order valence-corrected chi connectivity index (χ4v) is 10.7. The average molecular weight is 768 g/mol. The number of hydrogen-bond acceptors (Lipinski definition) is 2. The molecule has 9 aromatic carbocycles. The van der Waals surface area contributed by atoms with Crippen molar-refractivity contribution in [3.05, 3.63) is 246 Å². The molecule has 0 N–H and O–H groups in total. The third-order valence-electron chi connectivity index (χ3n) is 13.4. The number of para-hydroxylation sites is 1. The highest BCUT2D eigenvalue weighted by Crippen LogP contribution is 2.61. The van der Waals surface area contributed by atoms with Crippen molar-refractivity contribution in [3.63, 3.8) is 0 Å². The Labute approximate surface area is 350 Å². The van der Waals surface area contributed by atoms with Gasteiger partial charge in [0.2, 0.25) is 0 Å². The van der Waals surface area contributed by atoms with Crippen molar-refractivity contribution >= 4 is 39.0 Å². The first-order valence-electron chi connectivity index (χ1n) is 20.9. The Bertz CT molecular complexity index is 3240. The van der Waals surface area contributed by atoms with E-state index in [9.17, 15) is 0 Å². The lowest BCUT2D eigenvalue weighted by atomic mass is 9.66.